The molecule has 2 heterocycles. The SMILES string of the molecule is CCNC(=NCCNC(=O)c1ccco1)N1CCN(c2cc(F)ccc2F)CC1.I. The van der Waals surface area contributed by atoms with Crippen molar-refractivity contribution < 1.29 is 18.0 Å². The summed E-state index contributed by atoms with van der Waals surface area (Å²) in [7, 11) is 0. The molecule has 10 heteroatoms. The molecule has 7 nitrogen and oxygen atoms in total. The third-order valence-electron chi connectivity index (χ3n) is 4.57. The number of nitrogens with zero attached hydrogens (tertiary/aromatic N) is 3. The minimum atomic E-state index is -0.449. The maximum atomic E-state index is 14.0. The smallest absolute Gasteiger partial charge is 0.287 e. The van der Waals surface area contributed by atoms with Gasteiger partial charge in [0, 0.05) is 45.3 Å². The average molecular weight is 533 g/mol. The zero-order chi connectivity index (χ0) is 20.6. The summed E-state index contributed by atoms with van der Waals surface area (Å²) < 4.78 is 32.5. The molecule has 0 saturated carbocycles. The van der Waals surface area contributed by atoms with Gasteiger partial charge in [0.15, 0.2) is 11.7 Å². The van der Waals surface area contributed by atoms with Crippen LogP contribution in [0.3, 0.4) is 0 Å². The first kappa shape index (κ1) is 23.9. The normalized spacial score (nSPS) is 14.3. The molecular formula is C20H26F2IN5O2. The van der Waals surface area contributed by atoms with Gasteiger partial charge in [-0.25, -0.2) is 8.78 Å². The minimum Gasteiger partial charge on any atom is -0.459 e. The zero-order valence-corrected chi connectivity index (χ0v) is 19.1. The number of halogens is 3. The van der Waals surface area contributed by atoms with Crippen LogP contribution in [0.2, 0.25) is 0 Å². The van der Waals surface area contributed by atoms with Crippen LogP contribution < -0.4 is 15.5 Å². The summed E-state index contributed by atoms with van der Waals surface area (Å²) in [5.41, 5.74) is 0.284. The van der Waals surface area contributed by atoms with Crippen LogP contribution in [0.1, 0.15) is 17.5 Å². The second kappa shape index (κ2) is 11.7. The van der Waals surface area contributed by atoms with Crippen LogP contribution in [0.5, 0.6) is 0 Å². The van der Waals surface area contributed by atoms with Gasteiger partial charge in [0.05, 0.1) is 18.5 Å². The van der Waals surface area contributed by atoms with Gasteiger partial charge in [-0.3, -0.25) is 9.79 Å². The van der Waals surface area contributed by atoms with Crippen molar-refractivity contribution in [2.45, 2.75) is 6.92 Å². The van der Waals surface area contributed by atoms with E-state index in [1.807, 2.05) is 11.8 Å². The highest BCUT2D eigenvalue weighted by Crippen LogP contribution is 2.21. The van der Waals surface area contributed by atoms with Gasteiger partial charge >= 0.3 is 0 Å². The number of aliphatic imine (C=N–C) groups is 1. The summed E-state index contributed by atoms with van der Waals surface area (Å²) in [6.07, 6.45) is 1.45. The fourth-order valence-corrected chi connectivity index (χ4v) is 3.14. The number of rotatable bonds is 6. The van der Waals surface area contributed by atoms with E-state index in [-0.39, 0.29) is 41.3 Å². The molecule has 2 N–H and O–H groups in total. The first-order valence-electron chi connectivity index (χ1n) is 9.63. The molecule has 3 rings (SSSR count). The van der Waals surface area contributed by atoms with Gasteiger partial charge in [0.25, 0.3) is 5.91 Å². The zero-order valence-electron chi connectivity index (χ0n) is 16.7. The van der Waals surface area contributed by atoms with Gasteiger partial charge in [-0.1, -0.05) is 0 Å². The molecule has 0 bridgehead atoms. The van der Waals surface area contributed by atoms with Crippen molar-refractivity contribution in [1.29, 1.82) is 0 Å². The highest BCUT2D eigenvalue weighted by Gasteiger charge is 2.22. The number of furan rings is 1. The summed E-state index contributed by atoms with van der Waals surface area (Å²) in [6, 6.07) is 6.76. The molecule has 1 aromatic carbocycles. The summed E-state index contributed by atoms with van der Waals surface area (Å²) >= 11 is 0. The Hall–Kier alpha value is -2.37. The minimum absolute atomic E-state index is 0. The first-order valence-corrected chi connectivity index (χ1v) is 9.63. The number of piperazine rings is 1. The second-order valence-corrected chi connectivity index (χ2v) is 6.54. The highest BCUT2D eigenvalue weighted by molar-refractivity contribution is 14.0. The van der Waals surface area contributed by atoms with E-state index >= 15 is 0 Å². The summed E-state index contributed by atoms with van der Waals surface area (Å²) in [5, 5.41) is 5.99. The number of amides is 1. The number of nitrogens with one attached hydrogen (secondary N) is 2. The third kappa shape index (κ3) is 6.31. The molecule has 0 atom stereocenters. The number of carbonyl (C=O) groups is 1. The fraction of sp³-hybridized carbons (Fsp3) is 0.400. The van der Waals surface area contributed by atoms with E-state index in [9.17, 15) is 13.6 Å². The van der Waals surface area contributed by atoms with Gasteiger partial charge in [-0.15, -0.1) is 24.0 Å². The highest BCUT2D eigenvalue weighted by atomic mass is 127. The molecule has 0 spiro atoms. The van der Waals surface area contributed by atoms with Crippen LogP contribution in [-0.2, 0) is 0 Å². The van der Waals surface area contributed by atoms with Gasteiger partial charge in [0.2, 0.25) is 0 Å². The molecule has 164 valence electrons. The van der Waals surface area contributed by atoms with Crippen LogP contribution in [0.25, 0.3) is 0 Å². The van der Waals surface area contributed by atoms with E-state index < -0.39 is 11.6 Å². The first-order chi connectivity index (χ1) is 14.1. The Balaban J connectivity index is 0.00000320. The Labute approximate surface area is 191 Å². The lowest BCUT2D eigenvalue weighted by Gasteiger charge is -2.37. The Morgan fingerprint density at radius 2 is 1.93 bits per heavy atom. The van der Waals surface area contributed by atoms with Crippen molar-refractivity contribution in [2.75, 3.05) is 50.7 Å². The molecule has 1 aliphatic rings. The van der Waals surface area contributed by atoms with Crippen molar-refractivity contribution in [3.63, 3.8) is 0 Å². The molecule has 1 aromatic heterocycles. The lowest BCUT2D eigenvalue weighted by molar-refractivity contribution is 0.0927. The molecule has 1 amide bonds. The summed E-state index contributed by atoms with van der Waals surface area (Å²) in [4.78, 5) is 20.3. The molecule has 30 heavy (non-hydrogen) atoms. The van der Waals surface area contributed by atoms with Gasteiger partial charge in [-0.05, 0) is 31.2 Å². The van der Waals surface area contributed by atoms with Crippen LogP contribution in [0.4, 0.5) is 14.5 Å². The standard InChI is InChI=1S/C20H25F2N5O2.HI/c1-2-23-20(25-8-7-24-19(28)18-4-3-13-29-18)27-11-9-26(10-12-27)17-14-15(21)5-6-16(17)22;/h3-6,13-14H,2,7-12H2,1H3,(H,23,25)(H,24,28);1H. The van der Waals surface area contributed by atoms with Gasteiger partial charge < -0.3 is 24.9 Å². The predicted molar refractivity (Wildman–Crippen MR) is 123 cm³/mol. The quantitative estimate of drug-likeness (QED) is 0.259. The second-order valence-electron chi connectivity index (χ2n) is 6.54. The molecule has 1 aliphatic heterocycles. The number of benzene rings is 1. The molecule has 0 aliphatic carbocycles. The Bertz CT molecular complexity index is 840. The van der Waals surface area contributed by atoms with Crippen molar-refractivity contribution in [3.05, 3.63) is 54.0 Å². The number of guanidine groups is 1. The van der Waals surface area contributed by atoms with E-state index in [2.05, 4.69) is 20.5 Å². The van der Waals surface area contributed by atoms with E-state index in [0.717, 1.165) is 18.1 Å². The lowest BCUT2D eigenvalue weighted by Crippen LogP contribution is -2.53. The molecule has 1 fully saturated rings. The van der Waals surface area contributed by atoms with E-state index in [0.29, 0.717) is 45.8 Å². The molecule has 1 saturated heterocycles. The number of carbonyl (C=O) groups excluding carboxylic acids is 1. The topological polar surface area (TPSA) is 73.1 Å². The molecule has 0 unspecified atom stereocenters. The monoisotopic (exact) mass is 533 g/mol. The number of hydrogen-bond donors (Lipinski definition) is 2. The maximum absolute atomic E-state index is 14.0. The average Bonchev–Trinajstić information content (AvgIpc) is 3.27. The Morgan fingerprint density at radius 3 is 2.60 bits per heavy atom. The van der Waals surface area contributed by atoms with E-state index in [1.165, 1.54) is 12.3 Å². The largest absolute Gasteiger partial charge is 0.459 e. The van der Waals surface area contributed by atoms with Crippen LogP contribution in [0.15, 0.2) is 46.0 Å². The Morgan fingerprint density at radius 1 is 1.17 bits per heavy atom. The predicted octanol–water partition coefficient (Wildman–Crippen LogP) is 2.69. The van der Waals surface area contributed by atoms with Crippen molar-refractivity contribution in [1.82, 2.24) is 15.5 Å². The molecule has 0 radical (unpaired) electrons. The van der Waals surface area contributed by atoms with Crippen molar-refractivity contribution in [3.8, 4) is 0 Å². The number of anilines is 1. The van der Waals surface area contributed by atoms with Crippen molar-refractivity contribution in [2.24, 2.45) is 4.99 Å². The van der Waals surface area contributed by atoms with Gasteiger partial charge in [-0.2, -0.15) is 0 Å². The molecule has 2 aromatic rings. The molecular weight excluding hydrogens is 507 g/mol. The summed E-state index contributed by atoms with van der Waals surface area (Å²) in [5.74, 6) is -0.148. The van der Waals surface area contributed by atoms with E-state index in [1.54, 1.807) is 12.1 Å². The van der Waals surface area contributed by atoms with Crippen LogP contribution in [0, 0.1) is 11.6 Å². The van der Waals surface area contributed by atoms with Gasteiger partial charge in [0.1, 0.15) is 11.6 Å². The summed E-state index contributed by atoms with van der Waals surface area (Å²) in [6.45, 7) is 5.83. The number of hydrogen-bond acceptors (Lipinski definition) is 4. The third-order valence-corrected chi connectivity index (χ3v) is 4.57. The van der Waals surface area contributed by atoms with E-state index in [4.69, 9.17) is 4.42 Å². The van der Waals surface area contributed by atoms with Crippen LogP contribution >= 0.6 is 24.0 Å². The maximum Gasteiger partial charge on any atom is 0.287 e. The van der Waals surface area contributed by atoms with Crippen molar-refractivity contribution >= 4 is 41.5 Å². The van der Waals surface area contributed by atoms with Crippen LogP contribution in [-0.4, -0.2) is 62.6 Å². The fourth-order valence-electron chi connectivity index (χ4n) is 3.14. The Kier molecular flexibility index (Phi) is 9.34. The lowest BCUT2D eigenvalue weighted by atomic mass is 10.2.